The van der Waals surface area contributed by atoms with E-state index in [1.807, 2.05) is 54.6 Å². The Labute approximate surface area is 174 Å². The van der Waals surface area contributed by atoms with Gasteiger partial charge < -0.3 is 4.98 Å². The Balaban J connectivity index is 1.97. The van der Waals surface area contributed by atoms with E-state index < -0.39 is 18.5 Å². The van der Waals surface area contributed by atoms with Crippen LogP contribution in [0.25, 0.3) is 22.2 Å². The second kappa shape index (κ2) is 7.95. The molecule has 0 saturated heterocycles. The number of aliphatic imine (C=N–C) groups is 1. The van der Waals surface area contributed by atoms with E-state index in [4.69, 9.17) is 0 Å². The van der Waals surface area contributed by atoms with Gasteiger partial charge in [0.15, 0.2) is 0 Å². The Morgan fingerprint density at radius 3 is 2.45 bits per heavy atom. The molecular formula is C22H15F3N2S2. The largest absolute Gasteiger partial charge is 0.390 e. The fourth-order valence-corrected chi connectivity index (χ4v) is 4.67. The molecular weight excluding hydrogens is 413 g/mol. The first-order chi connectivity index (χ1) is 14.0. The highest BCUT2D eigenvalue weighted by Crippen LogP contribution is 2.46. The summed E-state index contributed by atoms with van der Waals surface area (Å²) < 4.78 is 40.8. The lowest BCUT2D eigenvalue weighted by molar-refractivity contribution is -0.136. The van der Waals surface area contributed by atoms with Crippen molar-refractivity contribution in [2.75, 3.05) is 0 Å². The van der Waals surface area contributed by atoms with E-state index in [2.05, 4.69) is 27.4 Å². The highest BCUT2D eigenvalue weighted by atomic mass is 32.1. The quantitative estimate of drug-likeness (QED) is 0.256. The van der Waals surface area contributed by atoms with Gasteiger partial charge in [0.1, 0.15) is 5.00 Å². The van der Waals surface area contributed by atoms with Crippen LogP contribution in [0.1, 0.15) is 22.8 Å². The molecule has 146 valence electrons. The van der Waals surface area contributed by atoms with E-state index in [9.17, 15) is 13.2 Å². The molecule has 1 unspecified atom stereocenters. The van der Waals surface area contributed by atoms with Crippen molar-refractivity contribution in [3.05, 3.63) is 77.2 Å². The highest BCUT2D eigenvalue weighted by molar-refractivity contribution is 7.78. The molecule has 1 atom stereocenters. The number of rotatable bonds is 5. The Morgan fingerprint density at radius 2 is 1.72 bits per heavy atom. The molecule has 1 N–H and O–H groups in total. The van der Waals surface area contributed by atoms with Crippen molar-refractivity contribution >= 4 is 44.6 Å². The molecule has 0 spiro atoms. The van der Waals surface area contributed by atoms with Crippen LogP contribution in [-0.4, -0.2) is 16.3 Å². The van der Waals surface area contributed by atoms with E-state index in [0.29, 0.717) is 21.1 Å². The summed E-state index contributed by atoms with van der Waals surface area (Å²) in [7, 11) is 0. The summed E-state index contributed by atoms with van der Waals surface area (Å²) in [6.45, 7) is 0. The molecule has 4 rings (SSSR count). The predicted molar refractivity (Wildman–Crippen MR) is 115 cm³/mol. The van der Waals surface area contributed by atoms with Gasteiger partial charge in [-0.05, 0) is 41.5 Å². The third-order valence-corrected chi connectivity index (χ3v) is 5.89. The van der Waals surface area contributed by atoms with Crippen molar-refractivity contribution in [1.29, 1.82) is 0 Å². The van der Waals surface area contributed by atoms with Crippen LogP contribution in [0.3, 0.4) is 0 Å². The number of fused-ring (bicyclic) bond motifs is 1. The van der Waals surface area contributed by atoms with Gasteiger partial charge in [0, 0.05) is 21.7 Å². The van der Waals surface area contributed by atoms with Crippen molar-refractivity contribution in [2.24, 2.45) is 4.99 Å². The van der Waals surface area contributed by atoms with E-state index in [1.54, 1.807) is 12.1 Å². The van der Waals surface area contributed by atoms with E-state index >= 15 is 0 Å². The van der Waals surface area contributed by atoms with Crippen molar-refractivity contribution in [3.63, 3.8) is 0 Å². The summed E-state index contributed by atoms with van der Waals surface area (Å²) in [6.07, 6.45) is -5.29. The predicted octanol–water partition coefficient (Wildman–Crippen LogP) is 7.72. The first kappa shape index (κ1) is 19.6. The first-order valence-corrected chi connectivity index (χ1v) is 10.1. The van der Waals surface area contributed by atoms with Gasteiger partial charge in [-0.2, -0.15) is 18.2 Å². The number of benzene rings is 2. The molecule has 2 heterocycles. The summed E-state index contributed by atoms with van der Waals surface area (Å²) in [6, 6.07) is 20.3. The number of isothiocyanates is 1. The monoisotopic (exact) mass is 428 g/mol. The topological polar surface area (TPSA) is 28.1 Å². The van der Waals surface area contributed by atoms with Gasteiger partial charge in [-0.15, -0.1) is 11.3 Å². The SMILES string of the molecule is FC(F)(F)CC(c1ccc(N=C=S)s1)c1c(-c2ccccc2)[nH]c2ccccc12. The fraction of sp³-hybridized carbons (Fsp3) is 0.136. The molecule has 0 aliphatic heterocycles. The lowest BCUT2D eigenvalue weighted by atomic mass is 9.89. The lowest BCUT2D eigenvalue weighted by Crippen LogP contribution is -2.14. The maximum atomic E-state index is 13.6. The van der Waals surface area contributed by atoms with Crippen molar-refractivity contribution in [3.8, 4) is 11.3 Å². The normalized spacial score (nSPS) is 12.7. The molecule has 0 aliphatic carbocycles. The number of nitrogens with zero attached hydrogens (tertiary/aromatic N) is 1. The molecule has 2 aromatic heterocycles. The number of thiocarbonyl (C=S) groups is 1. The number of alkyl halides is 3. The van der Waals surface area contributed by atoms with Crippen LogP contribution in [-0.2, 0) is 0 Å². The smallest absolute Gasteiger partial charge is 0.354 e. The Bertz CT molecular complexity index is 1190. The highest BCUT2D eigenvalue weighted by Gasteiger charge is 2.36. The number of hydrogen-bond acceptors (Lipinski definition) is 3. The van der Waals surface area contributed by atoms with Gasteiger partial charge in [0.2, 0.25) is 0 Å². The number of aromatic amines is 1. The van der Waals surface area contributed by atoms with Gasteiger partial charge in [-0.1, -0.05) is 48.5 Å². The molecule has 0 bridgehead atoms. The Kier molecular flexibility index (Phi) is 5.37. The molecule has 29 heavy (non-hydrogen) atoms. The first-order valence-electron chi connectivity index (χ1n) is 8.86. The third-order valence-electron chi connectivity index (χ3n) is 4.70. The van der Waals surface area contributed by atoms with Gasteiger partial charge in [0.25, 0.3) is 0 Å². The maximum absolute atomic E-state index is 13.6. The minimum absolute atomic E-state index is 0.545. The number of aromatic nitrogens is 1. The van der Waals surface area contributed by atoms with Gasteiger partial charge in [-0.25, -0.2) is 0 Å². The van der Waals surface area contributed by atoms with Crippen LogP contribution < -0.4 is 0 Å². The molecule has 0 amide bonds. The second-order valence-electron chi connectivity index (χ2n) is 6.58. The maximum Gasteiger partial charge on any atom is 0.390 e. The van der Waals surface area contributed by atoms with Crippen molar-refractivity contribution in [1.82, 2.24) is 4.98 Å². The van der Waals surface area contributed by atoms with E-state index in [1.165, 1.54) is 11.3 Å². The summed E-state index contributed by atoms with van der Waals surface area (Å²) in [5.41, 5.74) is 3.00. The van der Waals surface area contributed by atoms with Crippen LogP contribution in [0.4, 0.5) is 18.2 Å². The zero-order valence-electron chi connectivity index (χ0n) is 15.0. The van der Waals surface area contributed by atoms with Gasteiger partial charge in [0.05, 0.1) is 17.3 Å². The van der Waals surface area contributed by atoms with Crippen LogP contribution in [0, 0.1) is 0 Å². The minimum atomic E-state index is -4.32. The average molecular weight is 429 g/mol. The van der Waals surface area contributed by atoms with E-state index in [-0.39, 0.29) is 0 Å². The molecule has 0 fully saturated rings. The van der Waals surface area contributed by atoms with Crippen molar-refractivity contribution < 1.29 is 13.2 Å². The zero-order valence-corrected chi connectivity index (χ0v) is 16.7. The second-order valence-corrected chi connectivity index (χ2v) is 7.85. The minimum Gasteiger partial charge on any atom is -0.354 e. The molecule has 0 radical (unpaired) electrons. The van der Waals surface area contributed by atoms with Gasteiger partial charge in [-0.3, -0.25) is 0 Å². The third kappa shape index (κ3) is 4.17. The zero-order chi connectivity index (χ0) is 20.4. The van der Waals surface area contributed by atoms with E-state index in [0.717, 1.165) is 16.5 Å². The van der Waals surface area contributed by atoms with Crippen LogP contribution in [0.5, 0.6) is 0 Å². The fourth-order valence-electron chi connectivity index (χ4n) is 3.57. The van der Waals surface area contributed by atoms with Crippen LogP contribution >= 0.6 is 23.6 Å². The number of nitrogens with one attached hydrogen (secondary N) is 1. The molecule has 7 heteroatoms. The standard InChI is InChI=1S/C22H15F3N2S2/c23-22(24,25)12-16(18-10-11-19(29-18)26-13-28)20-15-8-4-5-9-17(15)27-21(20)14-6-2-1-3-7-14/h1-11,16,27H,12H2. The van der Waals surface area contributed by atoms with Gasteiger partial charge >= 0.3 is 6.18 Å². The molecule has 0 aliphatic rings. The number of thiophene rings is 1. The number of hydrogen-bond donors (Lipinski definition) is 1. The van der Waals surface area contributed by atoms with Crippen LogP contribution in [0.15, 0.2) is 71.7 Å². The molecule has 2 nitrogen and oxygen atoms in total. The summed E-state index contributed by atoms with van der Waals surface area (Å²) in [4.78, 5) is 7.85. The Morgan fingerprint density at radius 1 is 1.00 bits per heavy atom. The number of para-hydroxylation sites is 1. The van der Waals surface area contributed by atoms with Crippen LogP contribution in [0.2, 0.25) is 0 Å². The molecule has 2 aromatic carbocycles. The summed E-state index contributed by atoms with van der Waals surface area (Å²) in [5.74, 6) is -0.861. The average Bonchev–Trinajstić information content (AvgIpc) is 3.31. The molecule has 4 aromatic rings. The molecule has 0 saturated carbocycles. The lowest BCUT2D eigenvalue weighted by Gasteiger charge is -2.19. The summed E-state index contributed by atoms with van der Waals surface area (Å²) >= 11 is 5.84. The summed E-state index contributed by atoms with van der Waals surface area (Å²) in [5, 5.41) is 3.61. The Hall–Kier alpha value is -2.73. The van der Waals surface area contributed by atoms with Crippen molar-refractivity contribution in [2.45, 2.75) is 18.5 Å². The number of H-pyrrole nitrogens is 1. The number of halogens is 3.